The van der Waals surface area contributed by atoms with E-state index in [9.17, 15) is 0 Å². The zero-order valence-electron chi connectivity index (χ0n) is 10.2. The average Bonchev–Trinajstić information content (AvgIpc) is 2.65. The van der Waals surface area contributed by atoms with Gasteiger partial charge in [-0.25, -0.2) is 0 Å². The van der Waals surface area contributed by atoms with E-state index < -0.39 is 0 Å². The lowest BCUT2D eigenvalue weighted by Gasteiger charge is -2.41. The van der Waals surface area contributed by atoms with E-state index in [4.69, 9.17) is 17.4 Å². The van der Waals surface area contributed by atoms with Crippen LogP contribution in [-0.4, -0.2) is 24.5 Å². The van der Waals surface area contributed by atoms with Crippen LogP contribution in [-0.2, 0) is 0 Å². The van der Waals surface area contributed by atoms with E-state index in [0.717, 1.165) is 10.8 Å². The average molecular weight is 262 g/mol. The number of nitrogens with zero attached hydrogens (tertiary/aromatic N) is 1. The van der Waals surface area contributed by atoms with Gasteiger partial charge >= 0.3 is 0 Å². The van der Waals surface area contributed by atoms with Gasteiger partial charge in [-0.1, -0.05) is 18.5 Å². The van der Waals surface area contributed by atoms with Crippen LogP contribution in [0, 0.1) is 0 Å². The third-order valence-electron chi connectivity index (χ3n) is 3.40. The number of hydrogen-bond acceptors (Lipinski definition) is 4. The molecule has 1 heterocycles. The quantitative estimate of drug-likeness (QED) is 0.633. The maximum Gasteiger partial charge on any atom is 0.0931 e. The molecular formula is C11H20ClN3S. The van der Waals surface area contributed by atoms with Gasteiger partial charge in [-0.3, -0.25) is 11.3 Å². The molecule has 3 nitrogen and oxygen atoms in total. The predicted octanol–water partition coefficient (Wildman–Crippen LogP) is 2.64. The first kappa shape index (κ1) is 13.9. The van der Waals surface area contributed by atoms with Gasteiger partial charge < -0.3 is 4.90 Å². The molecule has 0 saturated carbocycles. The van der Waals surface area contributed by atoms with Crippen molar-refractivity contribution in [2.45, 2.75) is 31.8 Å². The molecule has 0 saturated heterocycles. The normalized spacial score (nSPS) is 17.4. The van der Waals surface area contributed by atoms with Crippen LogP contribution >= 0.6 is 22.9 Å². The number of thiophene rings is 1. The van der Waals surface area contributed by atoms with Crippen molar-refractivity contribution in [3.05, 3.63) is 21.3 Å². The molecule has 16 heavy (non-hydrogen) atoms. The Hall–Kier alpha value is -0.130. The number of nitrogens with two attached hydrogens (primary N) is 1. The molecule has 1 aromatic rings. The fourth-order valence-electron chi connectivity index (χ4n) is 1.83. The van der Waals surface area contributed by atoms with E-state index >= 15 is 0 Å². The smallest absolute Gasteiger partial charge is 0.0931 e. The number of hydrazine groups is 1. The Balaban J connectivity index is 3.05. The molecular weight excluding hydrogens is 242 g/mol. The minimum Gasteiger partial charge on any atom is -0.302 e. The van der Waals surface area contributed by atoms with Crippen molar-refractivity contribution in [2.75, 3.05) is 14.1 Å². The first-order chi connectivity index (χ1) is 7.45. The lowest BCUT2D eigenvalue weighted by molar-refractivity contribution is 0.114. The predicted molar refractivity (Wildman–Crippen MR) is 71.8 cm³/mol. The topological polar surface area (TPSA) is 41.3 Å². The van der Waals surface area contributed by atoms with Gasteiger partial charge in [0, 0.05) is 10.4 Å². The molecule has 0 aliphatic carbocycles. The molecule has 92 valence electrons. The highest BCUT2D eigenvalue weighted by Crippen LogP contribution is 2.36. The van der Waals surface area contributed by atoms with Gasteiger partial charge in [0.05, 0.1) is 10.4 Å². The molecule has 2 unspecified atom stereocenters. The lowest BCUT2D eigenvalue weighted by atomic mass is 9.87. The molecule has 0 amide bonds. The summed E-state index contributed by atoms with van der Waals surface area (Å²) in [6.07, 6.45) is 1.00. The van der Waals surface area contributed by atoms with E-state index in [2.05, 4.69) is 38.3 Å². The minimum atomic E-state index is -0.0249. The highest BCUT2D eigenvalue weighted by molar-refractivity contribution is 7.16. The Morgan fingerprint density at radius 2 is 2.19 bits per heavy atom. The third-order valence-corrected chi connectivity index (χ3v) is 4.70. The van der Waals surface area contributed by atoms with Crippen molar-refractivity contribution >= 4 is 22.9 Å². The second-order valence-corrected chi connectivity index (χ2v) is 6.09. The first-order valence-corrected chi connectivity index (χ1v) is 6.54. The van der Waals surface area contributed by atoms with Crippen LogP contribution < -0.4 is 11.3 Å². The Bertz CT molecular complexity index is 340. The Morgan fingerprint density at radius 3 is 2.50 bits per heavy atom. The van der Waals surface area contributed by atoms with E-state index in [0.29, 0.717) is 0 Å². The zero-order chi connectivity index (χ0) is 12.3. The Kier molecular flexibility index (Phi) is 4.76. The second kappa shape index (κ2) is 5.47. The molecule has 0 spiro atoms. The fraction of sp³-hybridized carbons (Fsp3) is 0.636. The summed E-state index contributed by atoms with van der Waals surface area (Å²) in [5.41, 5.74) is 2.89. The molecule has 1 rings (SSSR count). The van der Waals surface area contributed by atoms with Crippen molar-refractivity contribution in [1.29, 1.82) is 0 Å². The van der Waals surface area contributed by atoms with E-state index in [-0.39, 0.29) is 11.6 Å². The van der Waals surface area contributed by atoms with Crippen LogP contribution in [0.1, 0.15) is 31.2 Å². The molecule has 0 aliphatic rings. The summed E-state index contributed by atoms with van der Waals surface area (Å²) < 4.78 is 0.799. The Morgan fingerprint density at radius 1 is 1.56 bits per heavy atom. The number of hydrogen-bond donors (Lipinski definition) is 2. The molecule has 0 aliphatic heterocycles. The van der Waals surface area contributed by atoms with E-state index in [1.165, 1.54) is 4.88 Å². The van der Waals surface area contributed by atoms with E-state index in [1.54, 1.807) is 11.3 Å². The third kappa shape index (κ3) is 2.57. The van der Waals surface area contributed by atoms with Gasteiger partial charge in [0.25, 0.3) is 0 Å². The number of likely N-dealkylation sites (N-methyl/N-ethyl adjacent to an activating group) is 1. The SMILES string of the molecule is CCC(C)(C(NN)c1ccc(Cl)s1)N(C)C. The van der Waals surface area contributed by atoms with Gasteiger partial charge in [0.1, 0.15) is 0 Å². The molecule has 1 aromatic heterocycles. The summed E-state index contributed by atoms with van der Waals surface area (Å²) in [6, 6.07) is 4.04. The summed E-state index contributed by atoms with van der Waals surface area (Å²) in [7, 11) is 4.14. The van der Waals surface area contributed by atoms with Crippen LogP contribution in [0.4, 0.5) is 0 Å². The van der Waals surface area contributed by atoms with Crippen molar-refractivity contribution < 1.29 is 0 Å². The molecule has 0 bridgehead atoms. The van der Waals surface area contributed by atoms with Crippen molar-refractivity contribution in [3.63, 3.8) is 0 Å². The number of rotatable bonds is 5. The molecule has 5 heteroatoms. The van der Waals surface area contributed by atoms with Crippen LogP contribution in [0.15, 0.2) is 12.1 Å². The minimum absolute atomic E-state index is 0.0249. The van der Waals surface area contributed by atoms with Gasteiger partial charge in [-0.05, 0) is 39.6 Å². The maximum absolute atomic E-state index is 5.97. The summed E-state index contributed by atoms with van der Waals surface area (Å²) in [4.78, 5) is 3.37. The largest absolute Gasteiger partial charge is 0.302 e. The Labute approximate surface area is 107 Å². The summed E-state index contributed by atoms with van der Waals surface area (Å²) in [5.74, 6) is 5.70. The molecule has 0 fully saturated rings. The summed E-state index contributed by atoms with van der Waals surface area (Å²) >= 11 is 7.55. The van der Waals surface area contributed by atoms with Crippen LogP contribution in [0.5, 0.6) is 0 Å². The monoisotopic (exact) mass is 261 g/mol. The van der Waals surface area contributed by atoms with Crippen molar-refractivity contribution in [3.8, 4) is 0 Å². The van der Waals surface area contributed by atoms with Crippen molar-refractivity contribution in [1.82, 2.24) is 10.3 Å². The van der Waals surface area contributed by atoms with E-state index in [1.807, 2.05) is 12.1 Å². The van der Waals surface area contributed by atoms with Crippen LogP contribution in [0.25, 0.3) is 0 Å². The standard InChI is InChI=1S/C11H20ClN3S/c1-5-11(2,15(3)4)10(14-13)8-6-7-9(12)16-8/h6-7,10,14H,5,13H2,1-4H3. The maximum atomic E-state index is 5.97. The summed E-state index contributed by atoms with van der Waals surface area (Å²) in [5, 5.41) is 0. The van der Waals surface area contributed by atoms with Crippen LogP contribution in [0.3, 0.4) is 0 Å². The first-order valence-electron chi connectivity index (χ1n) is 5.34. The van der Waals surface area contributed by atoms with Crippen LogP contribution in [0.2, 0.25) is 4.34 Å². The zero-order valence-corrected chi connectivity index (χ0v) is 11.8. The van der Waals surface area contributed by atoms with Gasteiger partial charge in [-0.15, -0.1) is 11.3 Å². The number of nitrogens with one attached hydrogen (secondary N) is 1. The van der Waals surface area contributed by atoms with Gasteiger partial charge in [-0.2, -0.15) is 0 Å². The molecule has 2 atom stereocenters. The molecule has 0 aromatic carbocycles. The summed E-state index contributed by atoms with van der Waals surface area (Å²) in [6.45, 7) is 4.37. The fourth-order valence-corrected chi connectivity index (χ4v) is 3.10. The highest BCUT2D eigenvalue weighted by Gasteiger charge is 2.36. The second-order valence-electron chi connectivity index (χ2n) is 4.35. The van der Waals surface area contributed by atoms with Gasteiger partial charge in [0.2, 0.25) is 0 Å². The highest BCUT2D eigenvalue weighted by atomic mass is 35.5. The van der Waals surface area contributed by atoms with Crippen molar-refractivity contribution in [2.24, 2.45) is 5.84 Å². The number of halogens is 1. The lowest BCUT2D eigenvalue weighted by Crippen LogP contribution is -2.52. The molecule has 0 radical (unpaired) electrons. The molecule has 3 N–H and O–H groups in total. The van der Waals surface area contributed by atoms with Gasteiger partial charge in [0.15, 0.2) is 0 Å².